The van der Waals surface area contributed by atoms with E-state index in [0.717, 1.165) is 40.1 Å². The maximum atomic E-state index is 13.2. The summed E-state index contributed by atoms with van der Waals surface area (Å²) >= 11 is 1.75. The monoisotopic (exact) mass is 362 g/mol. The minimum Gasteiger partial charge on any atom is -0.340 e. The van der Waals surface area contributed by atoms with Gasteiger partial charge in [0.25, 0.3) is 0 Å². The molecule has 0 saturated heterocycles. The minimum absolute atomic E-state index is 0.254. The van der Waals surface area contributed by atoms with Gasteiger partial charge in [-0.1, -0.05) is 0 Å². The van der Waals surface area contributed by atoms with Crippen LogP contribution < -0.4 is 5.32 Å². The van der Waals surface area contributed by atoms with Crippen molar-refractivity contribution in [3.05, 3.63) is 65.0 Å². The Hall–Kier alpha value is -2.86. The topological polar surface area (TPSA) is 50.7 Å². The largest absolute Gasteiger partial charge is 0.340 e. The standard InChI is InChI=1S/C20H15FN4S/c21-13-6-8-14(9-7-13)23-19-17-15-4-1-5-16(15)26-20(17)25-18(24-19)12-3-2-10-22-11-12/h2-3,6-11H,1,4-5H2,(H,23,24,25). The molecule has 0 saturated carbocycles. The van der Waals surface area contributed by atoms with Gasteiger partial charge < -0.3 is 5.32 Å². The first kappa shape index (κ1) is 15.4. The van der Waals surface area contributed by atoms with Crippen LogP contribution in [0.5, 0.6) is 0 Å². The molecule has 3 aromatic heterocycles. The zero-order valence-corrected chi connectivity index (χ0v) is 14.7. The quantitative estimate of drug-likeness (QED) is 0.549. The molecule has 0 amide bonds. The Morgan fingerprint density at radius 1 is 1.04 bits per heavy atom. The fraction of sp³-hybridized carbons (Fsp3) is 0.150. The van der Waals surface area contributed by atoms with E-state index in [4.69, 9.17) is 9.97 Å². The van der Waals surface area contributed by atoms with E-state index in [2.05, 4.69) is 10.3 Å². The fourth-order valence-corrected chi connectivity index (χ4v) is 4.64. The Morgan fingerprint density at radius 3 is 2.73 bits per heavy atom. The van der Waals surface area contributed by atoms with Crippen LogP contribution in [0.15, 0.2) is 48.8 Å². The number of aryl methyl sites for hydroxylation is 2. The lowest BCUT2D eigenvalue weighted by Crippen LogP contribution is -1.99. The molecule has 0 atom stereocenters. The van der Waals surface area contributed by atoms with E-state index in [1.165, 1.54) is 29.0 Å². The number of rotatable bonds is 3. The first-order valence-corrected chi connectivity index (χ1v) is 9.35. The highest BCUT2D eigenvalue weighted by Crippen LogP contribution is 2.41. The molecule has 0 bridgehead atoms. The molecule has 1 N–H and O–H groups in total. The van der Waals surface area contributed by atoms with Crippen LogP contribution in [-0.2, 0) is 12.8 Å². The third kappa shape index (κ3) is 2.63. The number of thiophene rings is 1. The molecule has 6 heteroatoms. The van der Waals surface area contributed by atoms with Crippen molar-refractivity contribution in [1.29, 1.82) is 0 Å². The molecule has 26 heavy (non-hydrogen) atoms. The maximum absolute atomic E-state index is 13.2. The van der Waals surface area contributed by atoms with E-state index in [9.17, 15) is 4.39 Å². The smallest absolute Gasteiger partial charge is 0.164 e. The molecule has 0 aliphatic heterocycles. The molecule has 0 fully saturated rings. The second-order valence-electron chi connectivity index (χ2n) is 6.31. The number of hydrogen-bond donors (Lipinski definition) is 1. The molecule has 128 valence electrons. The SMILES string of the molecule is Fc1ccc(Nc2nc(-c3cccnc3)nc3sc4c(c23)CCC4)cc1. The van der Waals surface area contributed by atoms with Crippen LogP contribution in [0, 0.1) is 5.82 Å². The highest BCUT2D eigenvalue weighted by atomic mass is 32.1. The van der Waals surface area contributed by atoms with Crippen molar-refractivity contribution in [3.63, 3.8) is 0 Å². The molecule has 3 heterocycles. The predicted molar refractivity (Wildman–Crippen MR) is 102 cm³/mol. The van der Waals surface area contributed by atoms with Crippen LogP contribution in [0.3, 0.4) is 0 Å². The summed E-state index contributed by atoms with van der Waals surface area (Å²) < 4.78 is 13.2. The summed E-state index contributed by atoms with van der Waals surface area (Å²) in [4.78, 5) is 16.2. The van der Waals surface area contributed by atoms with Crippen molar-refractivity contribution < 1.29 is 4.39 Å². The van der Waals surface area contributed by atoms with Crippen molar-refractivity contribution in [2.75, 3.05) is 5.32 Å². The normalized spacial score (nSPS) is 13.1. The summed E-state index contributed by atoms with van der Waals surface area (Å²) in [5, 5.41) is 4.47. The zero-order chi connectivity index (χ0) is 17.5. The molecule has 1 aromatic carbocycles. The number of nitrogens with zero attached hydrogens (tertiary/aromatic N) is 3. The number of fused-ring (bicyclic) bond motifs is 3. The maximum Gasteiger partial charge on any atom is 0.164 e. The summed E-state index contributed by atoms with van der Waals surface area (Å²) in [7, 11) is 0. The van der Waals surface area contributed by atoms with E-state index < -0.39 is 0 Å². The van der Waals surface area contributed by atoms with Gasteiger partial charge in [-0.25, -0.2) is 14.4 Å². The van der Waals surface area contributed by atoms with Crippen molar-refractivity contribution in [1.82, 2.24) is 15.0 Å². The number of anilines is 2. The van der Waals surface area contributed by atoms with Crippen LogP contribution in [0.1, 0.15) is 16.9 Å². The average molecular weight is 362 g/mol. The Labute approximate surface area is 153 Å². The summed E-state index contributed by atoms with van der Waals surface area (Å²) in [5.41, 5.74) is 3.04. The van der Waals surface area contributed by atoms with E-state index >= 15 is 0 Å². The van der Waals surface area contributed by atoms with E-state index in [-0.39, 0.29) is 5.82 Å². The summed E-state index contributed by atoms with van der Waals surface area (Å²) in [6.07, 6.45) is 6.85. The van der Waals surface area contributed by atoms with Gasteiger partial charge in [0, 0.05) is 28.5 Å². The van der Waals surface area contributed by atoms with Gasteiger partial charge in [0.2, 0.25) is 0 Å². The predicted octanol–water partition coefficient (Wildman–Crippen LogP) is 5.12. The number of nitrogens with one attached hydrogen (secondary N) is 1. The van der Waals surface area contributed by atoms with Crippen LogP contribution in [0.2, 0.25) is 0 Å². The molecule has 4 aromatic rings. The van der Waals surface area contributed by atoms with Crippen molar-refractivity contribution >= 4 is 33.1 Å². The lowest BCUT2D eigenvalue weighted by molar-refractivity contribution is 0.628. The number of aromatic nitrogens is 3. The average Bonchev–Trinajstić information content (AvgIpc) is 3.25. The zero-order valence-electron chi connectivity index (χ0n) is 13.9. The number of halogens is 1. The van der Waals surface area contributed by atoms with Crippen LogP contribution >= 0.6 is 11.3 Å². The molecule has 4 nitrogen and oxygen atoms in total. The number of benzene rings is 1. The first-order valence-electron chi connectivity index (χ1n) is 8.53. The van der Waals surface area contributed by atoms with E-state index in [1.807, 2.05) is 12.1 Å². The van der Waals surface area contributed by atoms with E-state index in [0.29, 0.717) is 5.82 Å². The Bertz CT molecular complexity index is 1090. The van der Waals surface area contributed by atoms with Crippen molar-refractivity contribution in [2.45, 2.75) is 19.3 Å². The third-order valence-corrected chi connectivity index (χ3v) is 5.78. The molecule has 1 aliphatic rings. The van der Waals surface area contributed by atoms with Gasteiger partial charge in [-0.3, -0.25) is 4.98 Å². The Balaban J connectivity index is 1.69. The third-order valence-electron chi connectivity index (χ3n) is 4.59. The molecule has 1 aliphatic carbocycles. The van der Waals surface area contributed by atoms with Gasteiger partial charge in [-0.15, -0.1) is 11.3 Å². The van der Waals surface area contributed by atoms with E-state index in [1.54, 1.807) is 35.9 Å². The Kier molecular flexibility index (Phi) is 3.64. The van der Waals surface area contributed by atoms with Gasteiger partial charge in [-0.05, 0) is 61.2 Å². The molecule has 0 radical (unpaired) electrons. The molecule has 5 rings (SSSR count). The van der Waals surface area contributed by atoms with Gasteiger partial charge in [0.05, 0.1) is 5.39 Å². The summed E-state index contributed by atoms with van der Waals surface area (Å²) in [5.74, 6) is 1.17. The van der Waals surface area contributed by atoms with Gasteiger partial charge in [0.15, 0.2) is 5.82 Å². The summed E-state index contributed by atoms with van der Waals surface area (Å²) in [6.45, 7) is 0. The highest BCUT2D eigenvalue weighted by molar-refractivity contribution is 7.19. The van der Waals surface area contributed by atoms with Gasteiger partial charge >= 0.3 is 0 Å². The number of hydrogen-bond acceptors (Lipinski definition) is 5. The van der Waals surface area contributed by atoms with Crippen LogP contribution in [-0.4, -0.2) is 15.0 Å². The first-order chi connectivity index (χ1) is 12.8. The van der Waals surface area contributed by atoms with Crippen molar-refractivity contribution in [3.8, 4) is 11.4 Å². The summed E-state index contributed by atoms with van der Waals surface area (Å²) in [6, 6.07) is 10.2. The molecule has 0 unspecified atom stereocenters. The minimum atomic E-state index is -0.254. The lowest BCUT2D eigenvalue weighted by Gasteiger charge is -2.10. The fourth-order valence-electron chi connectivity index (χ4n) is 3.38. The Morgan fingerprint density at radius 2 is 1.92 bits per heavy atom. The second-order valence-corrected chi connectivity index (χ2v) is 7.39. The van der Waals surface area contributed by atoms with Crippen molar-refractivity contribution in [2.24, 2.45) is 0 Å². The second kappa shape index (κ2) is 6.14. The van der Waals surface area contributed by atoms with Gasteiger partial charge in [0.1, 0.15) is 16.5 Å². The lowest BCUT2D eigenvalue weighted by atomic mass is 10.1. The van der Waals surface area contributed by atoms with Gasteiger partial charge in [-0.2, -0.15) is 0 Å². The highest BCUT2D eigenvalue weighted by Gasteiger charge is 2.22. The molecular weight excluding hydrogens is 347 g/mol. The van der Waals surface area contributed by atoms with Crippen LogP contribution in [0.4, 0.5) is 15.9 Å². The number of pyridine rings is 1. The molecule has 0 spiro atoms. The molecular formula is C20H15FN4S. The van der Waals surface area contributed by atoms with Crippen LogP contribution in [0.25, 0.3) is 21.6 Å².